The molecule has 0 radical (unpaired) electrons. The first-order chi connectivity index (χ1) is 10.2. The number of hydrogen-bond acceptors (Lipinski definition) is 3. The molecule has 1 saturated carbocycles. The van der Waals surface area contributed by atoms with Crippen LogP contribution < -0.4 is 5.32 Å². The lowest BCUT2D eigenvalue weighted by atomic mass is 9.74. The quantitative estimate of drug-likeness (QED) is 0.889. The van der Waals surface area contributed by atoms with E-state index in [-0.39, 0.29) is 5.41 Å². The van der Waals surface area contributed by atoms with E-state index in [1.165, 1.54) is 24.8 Å². The monoisotopic (exact) mass is 287 g/mol. The minimum atomic E-state index is 0.0861. The highest BCUT2D eigenvalue weighted by molar-refractivity contribution is 5.75. The van der Waals surface area contributed by atoms with Crippen molar-refractivity contribution in [3.05, 3.63) is 30.1 Å². The van der Waals surface area contributed by atoms with Gasteiger partial charge >= 0.3 is 0 Å². The van der Waals surface area contributed by atoms with Gasteiger partial charge in [-0.2, -0.15) is 0 Å². The number of rotatable bonds is 5. The average molecular weight is 287 g/mol. The number of fused-ring (bicyclic) bond motifs is 1. The zero-order chi connectivity index (χ0) is 14.7. The summed E-state index contributed by atoms with van der Waals surface area (Å²) in [6.07, 6.45) is 6.08. The molecule has 114 valence electrons. The van der Waals surface area contributed by atoms with E-state index in [4.69, 9.17) is 0 Å². The highest BCUT2D eigenvalue weighted by Gasteiger charge is 2.30. The summed E-state index contributed by atoms with van der Waals surface area (Å²) in [5.41, 5.74) is 2.30. The normalized spacial score (nSPS) is 18.2. The Morgan fingerprint density at radius 3 is 2.71 bits per heavy atom. The Morgan fingerprint density at radius 1 is 1.24 bits per heavy atom. The summed E-state index contributed by atoms with van der Waals surface area (Å²) in [4.78, 5) is 4.68. The van der Waals surface area contributed by atoms with Crippen molar-refractivity contribution in [1.82, 2.24) is 14.9 Å². The Morgan fingerprint density at radius 2 is 2.00 bits per heavy atom. The largest absolute Gasteiger partial charge is 0.396 e. The molecule has 2 N–H and O–H groups in total. The number of hydrogen-bond donors (Lipinski definition) is 2. The molecule has 4 heteroatoms. The van der Waals surface area contributed by atoms with E-state index in [2.05, 4.69) is 34.0 Å². The lowest BCUT2D eigenvalue weighted by molar-refractivity contribution is 0.0808. The second kappa shape index (κ2) is 6.16. The molecule has 1 aliphatic carbocycles. The van der Waals surface area contributed by atoms with Crippen LogP contribution in [-0.2, 0) is 13.6 Å². The maximum Gasteiger partial charge on any atom is 0.123 e. The molecular weight excluding hydrogens is 262 g/mol. The lowest BCUT2D eigenvalue weighted by Gasteiger charge is -2.35. The Labute approximate surface area is 126 Å². The number of para-hydroxylation sites is 2. The van der Waals surface area contributed by atoms with E-state index in [0.717, 1.165) is 37.3 Å². The van der Waals surface area contributed by atoms with Crippen LogP contribution in [0.2, 0.25) is 0 Å². The fourth-order valence-corrected chi connectivity index (χ4v) is 3.49. The Bertz CT molecular complexity index is 599. The molecule has 1 aromatic heterocycles. The fraction of sp³-hybridized carbons (Fsp3) is 0.588. The summed E-state index contributed by atoms with van der Waals surface area (Å²) in [7, 11) is 2.06. The van der Waals surface area contributed by atoms with Crippen LogP contribution in [0.25, 0.3) is 11.0 Å². The van der Waals surface area contributed by atoms with Gasteiger partial charge in [0.1, 0.15) is 5.82 Å². The molecule has 0 amide bonds. The average Bonchev–Trinajstić information content (AvgIpc) is 2.85. The second-order valence-corrected chi connectivity index (χ2v) is 6.40. The van der Waals surface area contributed by atoms with Gasteiger partial charge in [-0.25, -0.2) is 4.98 Å². The van der Waals surface area contributed by atoms with E-state index < -0.39 is 0 Å². The van der Waals surface area contributed by atoms with E-state index >= 15 is 0 Å². The number of aliphatic hydroxyl groups is 1. The first-order valence-electron chi connectivity index (χ1n) is 7.96. The molecule has 0 unspecified atom stereocenters. The molecule has 1 heterocycles. The van der Waals surface area contributed by atoms with E-state index in [1.807, 2.05) is 12.1 Å². The standard InChI is InChI=1S/C17H25N3O/c1-20-15-8-4-3-7-14(15)19-16(20)11-18-12-17(13-21)9-5-2-6-10-17/h3-4,7-8,18,21H,2,5-6,9-13H2,1H3. The number of nitrogens with zero attached hydrogens (tertiary/aromatic N) is 2. The molecule has 0 spiro atoms. The number of aliphatic hydroxyl groups excluding tert-OH is 1. The molecule has 1 aliphatic rings. The van der Waals surface area contributed by atoms with Gasteiger partial charge in [0, 0.05) is 25.6 Å². The van der Waals surface area contributed by atoms with E-state index in [1.54, 1.807) is 0 Å². The van der Waals surface area contributed by atoms with Crippen LogP contribution in [0, 0.1) is 5.41 Å². The van der Waals surface area contributed by atoms with Crippen molar-refractivity contribution in [3.8, 4) is 0 Å². The Balaban J connectivity index is 1.65. The van der Waals surface area contributed by atoms with Gasteiger partial charge in [-0.1, -0.05) is 31.4 Å². The maximum atomic E-state index is 9.75. The predicted octanol–water partition coefficient (Wildman–Crippen LogP) is 2.61. The van der Waals surface area contributed by atoms with Crippen LogP contribution in [0.15, 0.2) is 24.3 Å². The van der Waals surface area contributed by atoms with Crippen molar-refractivity contribution in [1.29, 1.82) is 0 Å². The molecule has 21 heavy (non-hydrogen) atoms. The zero-order valence-electron chi connectivity index (χ0n) is 12.8. The van der Waals surface area contributed by atoms with Gasteiger partial charge in [-0.15, -0.1) is 0 Å². The van der Waals surface area contributed by atoms with Gasteiger partial charge in [0.25, 0.3) is 0 Å². The Kier molecular flexibility index (Phi) is 4.27. The van der Waals surface area contributed by atoms with Gasteiger partial charge in [-0.3, -0.25) is 0 Å². The number of aromatic nitrogens is 2. The number of nitrogens with one attached hydrogen (secondary N) is 1. The smallest absolute Gasteiger partial charge is 0.123 e. The molecule has 0 aliphatic heterocycles. The minimum Gasteiger partial charge on any atom is -0.396 e. The van der Waals surface area contributed by atoms with Gasteiger partial charge in [0.2, 0.25) is 0 Å². The van der Waals surface area contributed by atoms with Gasteiger partial charge in [0.15, 0.2) is 0 Å². The SMILES string of the molecule is Cn1c(CNCC2(CO)CCCCC2)nc2ccccc21. The molecule has 1 aromatic carbocycles. The van der Waals surface area contributed by atoms with Crippen molar-refractivity contribution in [2.75, 3.05) is 13.2 Å². The molecule has 1 fully saturated rings. The number of imidazole rings is 1. The molecule has 2 aromatic rings. The lowest BCUT2D eigenvalue weighted by Crippen LogP contribution is -2.39. The molecular formula is C17H25N3O. The number of aryl methyl sites for hydroxylation is 1. The highest BCUT2D eigenvalue weighted by atomic mass is 16.3. The third kappa shape index (κ3) is 2.97. The molecule has 0 bridgehead atoms. The summed E-state index contributed by atoms with van der Waals surface area (Å²) in [6.45, 7) is 1.93. The summed E-state index contributed by atoms with van der Waals surface area (Å²) in [5, 5.41) is 13.3. The predicted molar refractivity (Wildman–Crippen MR) is 85.0 cm³/mol. The topological polar surface area (TPSA) is 50.1 Å². The van der Waals surface area contributed by atoms with Gasteiger partial charge in [0.05, 0.1) is 17.6 Å². The molecule has 0 saturated heterocycles. The molecule has 4 nitrogen and oxygen atoms in total. The van der Waals surface area contributed by atoms with Crippen molar-refractivity contribution in [2.24, 2.45) is 12.5 Å². The zero-order valence-corrected chi connectivity index (χ0v) is 12.8. The summed E-state index contributed by atoms with van der Waals surface area (Å²) in [6, 6.07) is 8.22. The highest BCUT2D eigenvalue weighted by Crippen LogP contribution is 2.35. The first-order valence-corrected chi connectivity index (χ1v) is 7.96. The third-order valence-electron chi connectivity index (χ3n) is 4.91. The Hall–Kier alpha value is -1.39. The van der Waals surface area contributed by atoms with Crippen LogP contribution in [0.1, 0.15) is 37.9 Å². The molecule has 0 atom stereocenters. The van der Waals surface area contributed by atoms with Crippen LogP contribution in [0.5, 0.6) is 0 Å². The van der Waals surface area contributed by atoms with E-state index in [0.29, 0.717) is 6.61 Å². The van der Waals surface area contributed by atoms with Crippen LogP contribution >= 0.6 is 0 Å². The van der Waals surface area contributed by atoms with Crippen molar-refractivity contribution in [3.63, 3.8) is 0 Å². The fourth-order valence-electron chi connectivity index (χ4n) is 3.49. The van der Waals surface area contributed by atoms with Crippen molar-refractivity contribution in [2.45, 2.75) is 38.6 Å². The van der Waals surface area contributed by atoms with E-state index in [9.17, 15) is 5.11 Å². The third-order valence-corrected chi connectivity index (χ3v) is 4.91. The number of benzene rings is 1. The van der Waals surface area contributed by atoms with Crippen LogP contribution in [0.3, 0.4) is 0 Å². The summed E-state index contributed by atoms with van der Waals surface area (Å²) >= 11 is 0. The second-order valence-electron chi connectivity index (χ2n) is 6.40. The van der Waals surface area contributed by atoms with Crippen molar-refractivity contribution < 1.29 is 5.11 Å². The van der Waals surface area contributed by atoms with Crippen LogP contribution in [0.4, 0.5) is 0 Å². The molecule has 3 rings (SSSR count). The summed E-state index contributed by atoms with van der Waals surface area (Å²) in [5.74, 6) is 1.06. The van der Waals surface area contributed by atoms with Crippen LogP contribution in [-0.4, -0.2) is 27.8 Å². The summed E-state index contributed by atoms with van der Waals surface area (Å²) < 4.78 is 2.15. The van der Waals surface area contributed by atoms with Gasteiger partial charge in [-0.05, 0) is 25.0 Å². The minimum absolute atomic E-state index is 0.0861. The maximum absolute atomic E-state index is 9.75. The van der Waals surface area contributed by atoms with Crippen molar-refractivity contribution >= 4 is 11.0 Å². The first kappa shape index (κ1) is 14.5. The van der Waals surface area contributed by atoms with Gasteiger partial charge < -0.3 is 15.0 Å².